The number of nitrogens with zero attached hydrogens (tertiary/aromatic N) is 4. The molecule has 1 aromatic heterocycles. The fourth-order valence-electron chi connectivity index (χ4n) is 3.01. The Morgan fingerprint density at radius 3 is 2.68 bits per heavy atom. The zero-order valence-corrected chi connectivity index (χ0v) is 14.8. The Kier molecular flexibility index (Phi) is 4.87. The lowest BCUT2D eigenvalue weighted by molar-refractivity contribution is 0.0381. The van der Waals surface area contributed by atoms with E-state index in [9.17, 15) is 9.90 Å². The van der Waals surface area contributed by atoms with Gasteiger partial charge in [-0.1, -0.05) is 17.3 Å². The van der Waals surface area contributed by atoms with Crippen molar-refractivity contribution in [2.24, 2.45) is 0 Å². The highest BCUT2D eigenvalue weighted by atomic mass is 16.5. The molecular formula is C18H24N4O3. The summed E-state index contributed by atoms with van der Waals surface area (Å²) in [6, 6.07) is 7.53. The molecule has 7 nitrogen and oxygen atoms in total. The van der Waals surface area contributed by atoms with Crippen LogP contribution >= 0.6 is 0 Å². The van der Waals surface area contributed by atoms with Crippen LogP contribution in [0.2, 0.25) is 0 Å². The number of aromatic nitrogens is 3. The van der Waals surface area contributed by atoms with Gasteiger partial charge < -0.3 is 14.7 Å². The number of carbonyl (C=O) groups is 1. The van der Waals surface area contributed by atoms with Gasteiger partial charge in [-0.3, -0.25) is 4.79 Å². The first-order valence-electron chi connectivity index (χ1n) is 8.45. The highest BCUT2D eigenvalue weighted by Crippen LogP contribution is 2.31. The molecule has 0 unspecified atom stereocenters. The summed E-state index contributed by atoms with van der Waals surface area (Å²) in [7, 11) is 1.64. The predicted octanol–water partition coefficient (Wildman–Crippen LogP) is 1.74. The lowest BCUT2D eigenvalue weighted by atomic mass is 10.00. The number of methoxy groups -OCH3 is 1. The van der Waals surface area contributed by atoms with E-state index in [0.717, 1.165) is 5.56 Å². The Labute approximate surface area is 147 Å². The highest BCUT2D eigenvalue weighted by molar-refractivity contribution is 5.94. The van der Waals surface area contributed by atoms with E-state index in [1.54, 1.807) is 35.0 Å². The molecule has 1 aliphatic heterocycles. The van der Waals surface area contributed by atoms with Crippen LogP contribution in [0.4, 0.5) is 0 Å². The van der Waals surface area contributed by atoms with Crippen molar-refractivity contribution < 1.29 is 14.6 Å². The number of carbonyl (C=O) groups excluding carboxylic acids is 1. The summed E-state index contributed by atoms with van der Waals surface area (Å²) in [6.07, 6.45) is 2.22. The lowest BCUT2D eigenvalue weighted by Gasteiger charge is -2.21. The number of amides is 1. The molecule has 1 N–H and O–H groups in total. The molecule has 0 aliphatic carbocycles. The van der Waals surface area contributed by atoms with Crippen LogP contribution in [0.3, 0.4) is 0 Å². The van der Waals surface area contributed by atoms with E-state index < -0.39 is 5.60 Å². The van der Waals surface area contributed by atoms with E-state index in [1.807, 2.05) is 26.0 Å². The quantitative estimate of drug-likeness (QED) is 0.894. The summed E-state index contributed by atoms with van der Waals surface area (Å²) in [5.41, 5.74) is 1.00. The van der Waals surface area contributed by atoms with Gasteiger partial charge in [0.1, 0.15) is 11.3 Å². The molecule has 0 saturated carbocycles. The van der Waals surface area contributed by atoms with Crippen LogP contribution in [0, 0.1) is 0 Å². The topological polar surface area (TPSA) is 80.5 Å². The summed E-state index contributed by atoms with van der Waals surface area (Å²) in [5.74, 6) is -0.0869. The third kappa shape index (κ3) is 3.57. The molecular weight excluding hydrogens is 320 g/mol. The van der Waals surface area contributed by atoms with E-state index in [-0.39, 0.29) is 18.5 Å². The molecule has 2 heterocycles. The van der Waals surface area contributed by atoms with E-state index in [4.69, 9.17) is 4.74 Å². The fourth-order valence-corrected chi connectivity index (χ4v) is 3.01. The van der Waals surface area contributed by atoms with Crippen molar-refractivity contribution in [3.63, 3.8) is 0 Å². The Balaban J connectivity index is 1.71. The van der Waals surface area contributed by atoms with Crippen LogP contribution in [0.25, 0.3) is 0 Å². The number of hydrogen-bond acceptors (Lipinski definition) is 5. The third-order valence-electron chi connectivity index (χ3n) is 4.56. The van der Waals surface area contributed by atoms with Crippen molar-refractivity contribution in [2.45, 2.75) is 38.5 Å². The number of likely N-dealkylation sites (tertiary alicyclic amines) is 1. The average molecular weight is 344 g/mol. The lowest BCUT2D eigenvalue weighted by Crippen LogP contribution is -2.34. The molecule has 0 bridgehead atoms. The van der Waals surface area contributed by atoms with E-state index >= 15 is 0 Å². The first-order chi connectivity index (χ1) is 11.9. The molecule has 1 aliphatic rings. The van der Waals surface area contributed by atoms with Gasteiger partial charge in [-0.05, 0) is 31.5 Å². The van der Waals surface area contributed by atoms with Crippen molar-refractivity contribution in [2.75, 3.05) is 20.2 Å². The third-order valence-corrected chi connectivity index (χ3v) is 4.56. The van der Waals surface area contributed by atoms with Crippen LogP contribution in [-0.4, -0.2) is 51.1 Å². The van der Waals surface area contributed by atoms with Crippen molar-refractivity contribution in [1.82, 2.24) is 19.9 Å². The number of hydrogen-bond donors (Lipinski definition) is 1. The van der Waals surface area contributed by atoms with Crippen LogP contribution < -0.4 is 0 Å². The molecule has 3 rings (SSSR count). The molecule has 1 saturated heterocycles. The zero-order chi connectivity index (χ0) is 18.0. The molecule has 2 aromatic rings. The maximum absolute atomic E-state index is 12.7. The van der Waals surface area contributed by atoms with Crippen molar-refractivity contribution in [3.05, 3.63) is 47.3 Å². The first kappa shape index (κ1) is 17.6. The second kappa shape index (κ2) is 6.93. The zero-order valence-electron chi connectivity index (χ0n) is 14.8. The molecule has 1 atom stereocenters. The molecule has 7 heteroatoms. The minimum atomic E-state index is -1.14. The normalized spacial score (nSPS) is 20.4. The number of benzene rings is 1. The number of aliphatic hydroxyl groups is 1. The van der Waals surface area contributed by atoms with Gasteiger partial charge in [0.25, 0.3) is 5.91 Å². The van der Waals surface area contributed by atoms with Crippen LogP contribution in [0.15, 0.2) is 30.5 Å². The largest absolute Gasteiger partial charge is 0.381 e. The minimum absolute atomic E-state index is 0.0869. The van der Waals surface area contributed by atoms with Crippen LogP contribution in [0.1, 0.15) is 47.9 Å². The first-order valence-corrected chi connectivity index (χ1v) is 8.45. The van der Waals surface area contributed by atoms with E-state index in [0.29, 0.717) is 30.8 Å². The Bertz CT molecular complexity index is 741. The van der Waals surface area contributed by atoms with E-state index in [2.05, 4.69) is 10.3 Å². The van der Waals surface area contributed by atoms with Crippen LogP contribution in [-0.2, 0) is 16.9 Å². The van der Waals surface area contributed by atoms with Gasteiger partial charge in [0.15, 0.2) is 0 Å². The number of rotatable bonds is 5. The maximum Gasteiger partial charge on any atom is 0.253 e. The van der Waals surface area contributed by atoms with E-state index in [1.165, 1.54) is 0 Å². The Morgan fingerprint density at radius 1 is 1.36 bits per heavy atom. The second-order valence-corrected chi connectivity index (χ2v) is 6.82. The summed E-state index contributed by atoms with van der Waals surface area (Å²) in [6.45, 7) is 5.23. The molecule has 0 radical (unpaired) electrons. The molecule has 1 fully saturated rings. The van der Waals surface area contributed by atoms with Crippen LogP contribution in [0.5, 0.6) is 0 Å². The second-order valence-electron chi connectivity index (χ2n) is 6.82. The summed E-state index contributed by atoms with van der Waals surface area (Å²) in [4.78, 5) is 14.4. The predicted molar refractivity (Wildman–Crippen MR) is 92.0 cm³/mol. The van der Waals surface area contributed by atoms with Gasteiger partial charge in [-0.15, -0.1) is 5.10 Å². The highest BCUT2D eigenvalue weighted by Gasteiger charge is 2.42. The smallest absolute Gasteiger partial charge is 0.253 e. The summed E-state index contributed by atoms with van der Waals surface area (Å²) < 4.78 is 6.79. The van der Waals surface area contributed by atoms with Gasteiger partial charge in [0.2, 0.25) is 0 Å². The molecule has 1 amide bonds. The van der Waals surface area contributed by atoms with Gasteiger partial charge in [0, 0.05) is 31.7 Å². The molecule has 1 aromatic carbocycles. The van der Waals surface area contributed by atoms with Crippen molar-refractivity contribution >= 4 is 5.91 Å². The van der Waals surface area contributed by atoms with Crippen molar-refractivity contribution in [3.8, 4) is 0 Å². The van der Waals surface area contributed by atoms with Gasteiger partial charge in [-0.25, -0.2) is 4.68 Å². The van der Waals surface area contributed by atoms with Gasteiger partial charge >= 0.3 is 0 Å². The van der Waals surface area contributed by atoms with Gasteiger partial charge in [-0.2, -0.15) is 0 Å². The fraction of sp³-hybridized carbons (Fsp3) is 0.500. The standard InChI is InChI=1S/C18H24N4O3/c1-13(2)22-10-16(19-20-22)18(24)8-9-21(12-18)17(23)15-6-4-14(5-7-15)11-25-3/h4-7,10,13,24H,8-9,11-12H2,1-3H3/t18-/m1/s1. The van der Waals surface area contributed by atoms with Crippen molar-refractivity contribution in [1.29, 1.82) is 0 Å². The monoisotopic (exact) mass is 344 g/mol. The summed E-state index contributed by atoms with van der Waals surface area (Å²) >= 11 is 0. The molecule has 25 heavy (non-hydrogen) atoms. The Morgan fingerprint density at radius 2 is 2.08 bits per heavy atom. The van der Waals surface area contributed by atoms with Gasteiger partial charge in [0.05, 0.1) is 19.3 Å². The number of β-amino-alcohol motifs (C(OH)–C–C–N with tert-alkyl or cyclic N) is 1. The Hall–Kier alpha value is -2.25. The summed E-state index contributed by atoms with van der Waals surface area (Å²) in [5, 5.41) is 19.1. The number of ether oxygens (including phenoxy) is 1. The minimum Gasteiger partial charge on any atom is -0.381 e. The molecule has 134 valence electrons. The SMILES string of the molecule is COCc1ccc(C(=O)N2CC[C@](O)(c3cn(C(C)C)nn3)C2)cc1. The maximum atomic E-state index is 12.7. The average Bonchev–Trinajstić information content (AvgIpc) is 3.23. The molecule has 0 spiro atoms.